The van der Waals surface area contributed by atoms with E-state index in [2.05, 4.69) is 0 Å². The summed E-state index contributed by atoms with van der Waals surface area (Å²) in [6.07, 6.45) is 0.383. The van der Waals surface area contributed by atoms with Crippen molar-refractivity contribution >= 4 is 11.6 Å². The third kappa shape index (κ3) is 3.64. The van der Waals surface area contributed by atoms with Gasteiger partial charge in [-0.2, -0.15) is 0 Å². The molecule has 0 bridgehead atoms. The van der Waals surface area contributed by atoms with E-state index < -0.39 is 11.2 Å². The molecule has 0 amide bonds. The Bertz CT molecular complexity index is 614. The number of benzene rings is 2. The second-order valence-corrected chi connectivity index (χ2v) is 5.05. The molecular weight excluding hydrogens is 298 g/mol. The van der Waals surface area contributed by atoms with Gasteiger partial charge in [-0.1, -0.05) is 12.1 Å². The van der Waals surface area contributed by atoms with E-state index in [1.54, 1.807) is 12.1 Å². The largest absolute Gasteiger partial charge is 0.493 e. The molecule has 0 radical (unpaired) electrons. The van der Waals surface area contributed by atoms with E-state index in [4.69, 9.17) is 21.1 Å². The van der Waals surface area contributed by atoms with Gasteiger partial charge in [0.2, 0.25) is 0 Å². The molecule has 2 nitrogen and oxygen atoms in total. The van der Waals surface area contributed by atoms with E-state index in [9.17, 15) is 8.78 Å². The quantitative estimate of drug-likeness (QED) is 0.757. The Kier molecular flexibility index (Phi) is 5.02. The molecule has 0 heterocycles. The van der Waals surface area contributed by atoms with E-state index >= 15 is 0 Å². The van der Waals surface area contributed by atoms with Crippen molar-refractivity contribution in [1.82, 2.24) is 0 Å². The van der Waals surface area contributed by atoms with Crippen molar-refractivity contribution < 1.29 is 18.3 Å². The van der Waals surface area contributed by atoms with Gasteiger partial charge in [-0.25, -0.2) is 8.78 Å². The van der Waals surface area contributed by atoms with Gasteiger partial charge in [0.05, 0.1) is 19.6 Å². The molecule has 0 N–H and O–H groups in total. The van der Waals surface area contributed by atoms with Gasteiger partial charge in [-0.3, -0.25) is 0 Å². The Labute approximate surface area is 127 Å². The van der Waals surface area contributed by atoms with Gasteiger partial charge < -0.3 is 9.47 Å². The maximum atomic E-state index is 14.1. The van der Waals surface area contributed by atoms with E-state index in [0.29, 0.717) is 23.5 Å². The number of hydrogen-bond donors (Lipinski definition) is 0. The first kappa shape index (κ1) is 15.6. The molecule has 112 valence electrons. The zero-order valence-corrected chi connectivity index (χ0v) is 12.5. The summed E-state index contributed by atoms with van der Waals surface area (Å²) in [5.74, 6) is -0.0556. The van der Waals surface area contributed by atoms with Crippen molar-refractivity contribution in [2.45, 2.75) is 11.8 Å². The van der Waals surface area contributed by atoms with Crippen LogP contribution in [0.4, 0.5) is 8.78 Å². The molecule has 5 heteroatoms. The predicted octanol–water partition coefficient (Wildman–Crippen LogP) is 4.50. The third-order valence-corrected chi connectivity index (χ3v) is 3.56. The minimum Gasteiger partial charge on any atom is -0.493 e. The standard InChI is InChI=1S/C16H15ClF2O2/c1-20-15-8-12(14(19)9-16(15)21-2)13(17)7-10-3-5-11(18)6-4-10/h3-6,8-9,13H,7H2,1-2H3. The summed E-state index contributed by atoms with van der Waals surface area (Å²) in [6.45, 7) is 0. The zero-order valence-electron chi connectivity index (χ0n) is 11.7. The summed E-state index contributed by atoms with van der Waals surface area (Å²) in [5.41, 5.74) is 1.14. The fraction of sp³-hybridized carbons (Fsp3) is 0.250. The molecule has 0 aromatic heterocycles. The number of halogens is 3. The predicted molar refractivity (Wildman–Crippen MR) is 78.2 cm³/mol. The Hall–Kier alpha value is -1.81. The van der Waals surface area contributed by atoms with Crippen LogP contribution in [0.2, 0.25) is 0 Å². The summed E-state index contributed by atoms with van der Waals surface area (Å²) in [7, 11) is 2.91. The van der Waals surface area contributed by atoms with Crippen molar-refractivity contribution in [3.05, 3.63) is 59.2 Å². The minimum atomic E-state index is -0.588. The molecule has 0 saturated carbocycles. The van der Waals surface area contributed by atoms with E-state index in [1.807, 2.05) is 0 Å². The van der Waals surface area contributed by atoms with E-state index in [1.165, 1.54) is 38.5 Å². The van der Waals surface area contributed by atoms with Gasteiger partial charge in [-0.15, -0.1) is 11.6 Å². The zero-order chi connectivity index (χ0) is 15.4. The molecule has 1 unspecified atom stereocenters. The lowest BCUT2D eigenvalue weighted by Crippen LogP contribution is -2.01. The second-order valence-electron chi connectivity index (χ2n) is 4.53. The lowest BCUT2D eigenvalue weighted by molar-refractivity contribution is 0.351. The number of alkyl halides is 1. The van der Waals surface area contributed by atoms with Crippen LogP contribution < -0.4 is 9.47 Å². The number of rotatable bonds is 5. The van der Waals surface area contributed by atoms with Crippen molar-refractivity contribution in [2.75, 3.05) is 14.2 Å². The van der Waals surface area contributed by atoms with Crippen LogP contribution in [0.15, 0.2) is 36.4 Å². The SMILES string of the molecule is COc1cc(F)c(C(Cl)Cc2ccc(F)cc2)cc1OC. The molecule has 0 aliphatic rings. The summed E-state index contributed by atoms with van der Waals surface area (Å²) in [5, 5.41) is -0.588. The highest BCUT2D eigenvalue weighted by molar-refractivity contribution is 6.21. The first-order valence-electron chi connectivity index (χ1n) is 6.35. The molecular formula is C16H15ClF2O2. The van der Waals surface area contributed by atoms with Crippen LogP contribution in [0.25, 0.3) is 0 Å². The Morgan fingerprint density at radius 1 is 1.00 bits per heavy atom. The topological polar surface area (TPSA) is 18.5 Å². The van der Waals surface area contributed by atoms with Gasteiger partial charge in [0.25, 0.3) is 0 Å². The average molecular weight is 313 g/mol. The molecule has 0 spiro atoms. The van der Waals surface area contributed by atoms with Crippen molar-refractivity contribution in [1.29, 1.82) is 0 Å². The summed E-state index contributed by atoms with van der Waals surface area (Å²) >= 11 is 6.28. The van der Waals surface area contributed by atoms with Gasteiger partial charge in [0, 0.05) is 11.6 Å². The second kappa shape index (κ2) is 6.76. The third-order valence-electron chi connectivity index (χ3n) is 3.17. The Balaban J connectivity index is 2.26. The lowest BCUT2D eigenvalue weighted by Gasteiger charge is -2.15. The van der Waals surface area contributed by atoms with Crippen LogP contribution in [0.3, 0.4) is 0 Å². The summed E-state index contributed by atoms with van der Waals surface area (Å²) in [6, 6.07) is 8.73. The van der Waals surface area contributed by atoms with Gasteiger partial charge in [0.1, 0.15) is 11.6 Å². The fourth-order valence-electron chi connectivity index (χ4n) is 2.05. The van der Waals surface area contributed by atoms with E-state index in [-0.39, 0.29) is 5.82 Å². The van der Waals surface area contributed by atoms with Crippen LogP contribution in [0.1, 0.15) is 16.5 Å². The van der Waals surface area contributed by atoms with Crippen LogP contribution in [0, 0.1) is 11.6 Å². The van der Waals surface area contributed by atoms with Crippen LogP contribution in [-0.2, 0) is 6.42 Å². The normalized spacial score (nSPS) is 12.0. The molecule has 2 aromatic carbocycles. The molecule has 0 aliphatic heterocycles. The molecule has 2 aromatic rings. The molecule has 1 atom stereocenters. The molecule has 21 heavy (non-hydrogen) atoms. The highest BCUT2D eigenvalue weighted by atomic mass is 35.5. The minimum absolute atomic E-state index is 0.310. The molecule has 0 saturated heterocycles. The molecule has 2 rings (SSSR count). The van der Waals surface area contributed by atoms with Crippen molar-refractivity contribution in [2.24, 2.45) is 0 Å². The first-order chi connectivity index (χ1) is 10.0. The fourth-order valence-corrected chi connectivity index (χ4v) is 2.39. The smallest absolute Gasteiger partial charge is 0.163 e. The highest BCUT2D eigenvalue weighted by Gasteiger charge is 2.18. The number of ether oxygens (including phenoxy) is 2. The van der Waals surface area contributed by atoms with Gasteiger partial charge >= 0.3 is 0 Å². The van der Waals surface area contributed by atoms with Gasteiger partial charge in [-0.05, 0) is 30.2 Å². The maximum Gasteiger partial charge on any atom is 0.163 e. The number of hydrogen-bond acceptors (Lipinski definition) is 2. The van der Waals surface area contributed by atoms with Crippen molar-refractivity contribution in [3.8, 4) is 11.5 Å². The van der Waals surface area contributed by atoms with Crippen molar-refractivity contribution in [3.63, 3.8) is 0 Å². The van der Waals surface area contributed by atoms with Crippen LogP contribution >= 0.6 is 11.6 Å². The summed E-state index contributed by atoms with van der Waals surface area (Å²) in [4.78, 5) is 0. The summed E-state index contributed by atoms with van der Waals surface area (Å²) < 4.78 is 37.1. The Morgan fingerprint density at radius 2 is 1.57 bits per heavy atom. The maximum absolute atomic E-state index is 14.1. The van der Waals surface area contributed by atoms with Crippen LogP contribution in [0.5, 0.6) is 11.5 Å². The first-order valence-corrected chi connectivity index (χ1v) is 6.78. The van der Waals surface area contributed by atoms with Crippen LogP contribution in [-0.4, -0.2) is 14.2 Å². The lowest BCUT2D eigenvalue weighted by atomic mass is 10.0. The van der Waals surface area contributed by atoms with E-state index in [0.717, 1.165) is 5.56 Å². The number of methoxy groups -OCH3 is 2. The monoisotopic (exact) mass is 312 g/mol. The average Bonchev–Trinajstić information content (AvgIpc) is 2.49. The molecule has 0 aliphatic carbocycles. The van der Waals surface area contributed by atoms with Gasteiger partial charge in [0.15, 0.2) is 11.5 Å². The molecule has 0 fully saturated rings. The Morgan fingerprint density at radius 3 is 2.14 bits per heavy atom. The highest BCUT2D eigenvalue weighted by Crippen LogP contribution is 2.35.